The second kappa shape index (κ2) is 4.55. The first-order chi connectivity index (χ1) is 6.51. The van der Waals surface area contributed by atoms with E-state index in [0.717, 1.165) is 18.5 Å². The lowest BCUT2D eigenvalue weighted by Crippen LogP contribution is -2.06. The quantitative estimate of drug-likeness (QED) is 0.790. The molecule has 0 unspecified atom stereocenters. The summed E-state index contributed by atoms with van der Waals surface area (Å²) in [7, 11) is 0. The lowest BCUT2D eigenvalue weighted by atomic mass is 9.90. The van der Waals surface area contributed by atoms with Crippen LogP contribution in [0.4, 0.5) is 0 Å². The van der Waals surface area contributed by atoms with Gasteiger partial charge in [0, 0.05) is 6.20 Å². The number of aromatic nitrogens is 3. The monoisotopic (exact) mass is 197 g/mol. The summed E-state index contributed by atoms with van der Waals surface area (Å²) in [5.41, 5.74) is 1.34. The van der Waals surface area contributed by atoms with Crippen LogP contribution in [0.2, 0.25) is 0 Å². The second-order valence-corrected chi connectivity index (χ2v) is 4.76. The summed E-state index contributed by atoms with van der Waals surface area (Å²) in [6, 6.07) is 0. The number of rotatable bonds is 4. The fourth-order valence-electron chi connectivity index (χ4n) is 1.17. The van der Waals surface area contributed by atoms with Gasteiger partial charge in [-0.25, -0.2) is 4.68 Å². The maximum Gasteiger partial charge on any atom is 0.0827 e. The van der Waals surface area contributed by atoms with Gasteiger partial charge >= 0.3 is 0 Å². The first kappa shape index (κ1) is 11.2. The Bertz CT molecular complexity index is 275. The Labute approximate surface area is 84.9 Å². The molecule has 4 nitrogen and oxygen atoms in total. The third-order valence-corrected chi connectivity index (χ3v) is 2.05. The smallest absolute Gasteiger partial charge is 0.0827 e. The van der Waals surface area contributed by atoms with Crippen molar-refractivity contribution in [3.05, 3.63) is 11.9 Å². The van der Waals surface area contributed by atoms with Crippen LogP contribution in [0, 0.1) is 5.41 Å². The van der Waals surface area contributed by atoms with Gasteiger partial charge in [0.1, 0.15) is 0 Å². The SMILES string of the molecule is CC(C)(C)CCc1cn(CCO)nn1. The normalized spacial score (nSPS) is 12.0. The number of aliphatic hydroxyl groups is 1. The van der Waals surface area contributed by atoms with E-state index < -0.39 is 0 Å². The Morgan fingerprint density at radius 2 is 2.14 bits per heavy atom. The summed E-state index contributed by atoms with van der Waals surface area (Å²) in [5.74, 6) is 0. The Kier molecular flexibility index (Phi) is 3.63. The predicted molar refractivity (Wildman–Crippen MR) is 54.9 cm³/mol. The maximum absolute atomic E-state index is 8.70. The number of aryl methyl sites for hydroxylation is 1. The van der Waals surface area contributed by atoms with Crippen LogP contribution in [0.15, 0.2) is 6.20 Å². The molecule has 14 heavy (non-hydrogen) atoms. The molecule has 1 N–H and O–H groups in total. The maximum atomic E-state index is 8.70. The zero-order valence-electron chi connectivity index (χ0n) is 9.19. The molecule has 0 aliphatic heterocycles. The molecule has 0 spiro atoms. The van der Waals surface area contributed by atoms with Gasteiger partial charge in [-0.05, 0) is 18.3 Å². The zero-order valence-corrected chi connectivity index (χ0v) is 9.19. The molecule has 0 aliphatic carbocycles. The van der Waals surface area contributed by atoms with E-state index in [1.807, 2.05) is 6.20 Å². The van der Waals surface area contributed by atoms with Crippen LogP contribution in [0.5, 0.6) is 0 Å². The average molecular weight is 197 g/mol. The second-order valence-electron chi connectivity index (χ2n) is 4.76. The molecule has 0 saturated heterocycles. The van der Waals surface area contributed by atoms with E-state index in [9.17, 15) is 0 Å². The van der Waals surface area contributed by atoms with E-state index in [2.05, 4.69) is 31.1 Å². The van der Waals surface area contributed by atoms with Crippen molar-refractivity contribution >= 4 is 0 Å². The third-order valence-electron chi connectivity index (χ3n) is 2.05. The summed E-state index contributed by atoms with van der Waals surface area (Å²) in [6.45, 7) is 7.28. The van der Waals surface area contributed by atoms with Crippen molar-refractivity contribution in [3.63, 3.8) is 0 Å². The number of hydrogen-bond acceptors (Lipinski definition) is 3. The summed E-state index contributed by atoms with van der Waals surface area (Å²) in [5, 5.41) is 16.7. The van der Waals surface area contributed by atoms with Gasteiger partial charge < -0.3 is 5.11 Å². The van der Waals surface area contributed by atoms with Crippen LogP contribution in [0.25, 0.3) is 0 Å². The Morgan fingerprint density at radius 3 is 2.71 bits per heavy atom. The van der Waals surface area contributed by atoms with E-state index in [1.54, 1.807) is 4.68 Å². The summed E-state index contributed by atoms with van der Waals surface area (Å²) >= 11 is 0. The highest BCUT2D eigenvalue weighted by Gasteiger charge is 2.11. The lowest BCUT2D eigenvalue weighted by molar-refractivity contribution is 0.268. The Morgan fingerprint density at radius 1 is 1.43 bits per heavy atom. The number of aliphatic hydroxyl groups excluding tert-OH is 1. The van der Waals surface area contributed by atoms with Crippen LogP contribution < -0.4 is 0 Å². The molecular formula is C10H19N3O. The van der Waals surface area contributed by atoms with Gasteiger partial charge in [0.15, 0.2) is 0 Å². The first-order valence-corrected chi connectivity index (χ1v) is 5.01. The molecule has 1 aromatic heterocycles. The molecule has 0 amide bonds. The molecule has 0 atom stereocenters. The molecular weight excluding hydrogens is 178 g/mol. The fraction of sp³-hybridized carbons (Fsp3) is 0.800. The summed E-state index contributed by atoms with van der Waals surface area (Å²) in [4.78, 5) is 0. The summed E-state index contributed by atoms with van der Waals surface area (Å²) in [6.07, 6.45) is 3.96. The fourth-order valence-corrected chi connectivity index (χ4v) is 1.17. The van der Waals surface area contributed by atoms with E-state index in [1.165, 1.54) is 0 Å². The molecule has 0 bridgehead atoms. The van der Waals surface area contributed by atoms with Gasteiger partial charge in [0.25, 0.3) is 0 Å². The van der Waals surface area contributed by atoms with Gasteiger partial charge in [0.2, 0.25) is 0 Å². The van der Waals surface area contributed by atoms with Gasteiger partial charge in [-0.15, -0.1) is 5.10 Å². The highest BCUT2D eigenvalue weighted by Crippen LogP contribution is 2.20. The molecule has 4 heteroatoms. The molecule has 80 valence electrons. The molecule has 1 heterocycles. The van der Waals surface area contributed by atoms with Crippen molar-refractivity contribution < 1.29 is 5.11 Å². The van der Waals surface area contributed by atoms with Crippen molar-refractivity contribution in [2.24, 2.45) is 5.41 Å². The highest BCUT2D eigenvalue weighted by atomic mass is 16.3. The van der Waals surface area contributed by atoms with Gasteiger partial charge in [-0.3, -0.25) is 0 Å². The van der Waals surface area contributed by atoms with E-state index >= 15 is 0 Å². The molecule has 0 aliphatic rings. The topological polar surface area (TPSA) is 50.9 Å². The van der Waals surface area contributed by atoms with E-state index in [4.69, 9.17) is 5.11 Å². The average Bonchev–Trinajstić information content (AvgIpc) is 2.49. The van der Waals surface area contributed by atoms with Crippen LogP contribution in [-0.4, -0.2) is 26.7 Å². The molecule has 1 aromatic rings. The highest BCUT2D eigenvalue weighted by molar-refractivity contribution is 4.93. The van der Waals surface area contributed by atoms with E-state index in [0.29, 0.717) is 12.0 Å². The molecule has 0 aromatic carbocycles. The van der Waals surface area contributed by atoms with Crippen molar-refractivity contribution in [3.8, 4) is 0 Å². The third kappa shape index (κ3) is 3.87. The molecule has 0 fully saturated rings. The van der Waals surface area contributed by atoms with Crippen LogP contribution >= 0.6 is 0 Å². The Balaban J connectivity index is 2.44. The minimum atomic E-state index is 0.113. The van der Waals surface area contributed by atoms with E-state index in [-0.39, 0.29) is 6.61 Å². The first-order valence-electron chi connectivity index (χ1n) is 5.01. The standard InChI is InChI=1S/C10H19N3O/c1-10(2,3)5-4-9-8-13(6-7-14)12-11-9/h8,14H,4-7H2,1-3H3. The van der Waals surface area contributed by atoms with Crippen molar-refractivity contribution in [1.29, 1.82) is 0 Å². The minimum Gasteiger partial charge on any atom is -0.394 e. The largest absolute Gasteiger partial charge is 0.394 e. The molecule has 0 radical (unpaired) electrons. The molecule has 0 saturated carbocycles. The van der Waals surface area contributed by atoms with Crippen molar-refractivity contribution in [2.75, 3.05) is 6.61 Å². The predicted octanol–water partition coefficient (Wildman–Crippen LogP) is 1.25. The Hall–Kier alpha value is -0.900. The number of nitrogens with zero attached hydrogens (tertiary/aromatic N) is 3. The number of hydrogen-bond donors (Lipinski definition) is 1. The van der Waals surface area contributed by atoms with Crippen molar-refractivity contribution in [2.45, 2.75) is 40.2 Å². The van der Waals surface area contributed by atoms with Gasteiger partial charge in [0.05, 0.1) is 18.8 Å². The zero-order chi connectivity index (χ0) is 10.6. The molecule has 1 rings (SSSR count). The van der Waals surface area contributed by atoms with Crippen LogP contribution in [0.1, 0.15) is 32.9 Å². The summed E-state index contributed by atoms with van der Waals surface area (Å²) < 4.78 is 1.68. The van der Waals surface area contributed by atoms with Crippen LogP contribution in [-0.2, 0) is 13.0 Å². The van der Waals surface area contributed by atoms with Gasteiger partial charge in [-0.1, -0.05) is 26.0 Å². The lowest BCUT2D eigenvalue weighted by Gasteiger charge is -2.16. The van der Waals surface area contributed by atoms with Gasteiger partial charge in [-0.2, -0.15) is 0 Å². The minimum absolute atomic E-state index is 0.113. The van der Waals surface area contributed by atoms with Crippen LogP contribution in [0.3, 0.4) is 0 Å². The van der Waals surface area contributed by atoms with Crippen molar-refractivity contribution in [1.82, 2.24) is 15.0 Å².